The van der Waals surface area contributed by atoms with Gasteiger partial charge in [0.05, 0.1) is 10.9 Å². The lowest BCUT2D eigenvalue weighted by molar-refractivity contribution is 0.481. The van der Waals surface area contributed by atoms with E-state index in [4.69, 9.17) is 0 Å². The van der Waals surface area contributed by atoms with Crippen LogP contribution in [0, 0.1) is 0 Å². The number of H-pyrrole nitrogens is 1. The highest BCUT2D eigenvalue weighted by atomic mass is 16.3. The first-order valence-corrected chi connectivity index (χ1v) is 4.56. The van der Waals surface area contributed by atoms with Gasteiger partial charge in [0.2, 0.25) is 0 Å². The molecule has 1 aromatic heterocycles. The van der Waals surface area contributed by atoms with Crippen molar-refractivity contribution in [2.75, 3.05) is 0 Å². The van der Waals surface area contributed by atoms with Gasteiger partial charge in [0.15, 0.2) is 5.43 Å². The fourth-order valence-corrected chi connectivity index (χ4v) is 1.55. The molecule has 0 unspecified atom stereocenters. The Morgan fingerprint density at radius 1 is 1.43 bits per heavy atom. The van der Waals surface area contributed by atoms with Crippen molar-refractivity contribution in [2.24, 2.45) is 0 Å². The molecule has 1 aromatic carbocycles. The van der Waals surface area contributed by atoms with Crippen molar-refractivity contribution in [1.29, 1.82) is 0 Å². The number of nitrogens with one attached hydrogen (secondary N) is 1. The molecule has 0 amide bonds. The number of aromatic amines is 1. The second kappa shape index (κ2) is 3.18. The fourth-order valence-electron chi connectivity index (χ4n) is 1.55. The van der Waals surface area contributed by atoms with Crippen LogP contribution in [0.3, 0.4) is 0 Å². The molecular weight excluding hydrogens is 178 g/mol. The predicted octanol–water partition coefficient (Wildman–Crippen LogP) is 1.80. The summed E-state index contributed by atoms with van der Waals surface area (Å²) in [5.74, 6) is 0.0408. The van der Waals surface area contributed by atoms with Crippen molar-refractivity contribution in [3.63, 3.8) is 0 Å². The second-order valence-electron chi connectivity index (χ2n) is 3.20. The van der Waals surface area contributed by atoms with Gasteiger partial charge in [-0.15, -0.1) is 0 Å². The summed E-state index contributed by atoms with van der Waals surface area (Å²) in [5, 5.41) is 9.93. The number of hydrogen-bond acceptors (Lipinski definition) is 2. The van der Waals surface area contributed by atoms with Gasteiger partial charge in [0.1, 0.15) is 5.75 Å². The molecule has 0 saturated heterocycles. The summed E-state index contributed by atoms with van der Waals surface area (Å²) in [7, 11) is 0. The number of aryl methyl sites for hydroxylation is 1. The van der Waals surface area contributed by atoms with Gasteiger partial charge in [-0.25, -0.2) is 0 Å². The largest absolute Gasteiger partial charge is 0.507 e. The molecule has 0 spiro atoms. The molecule has 0 radical (unpaired) electrons. The van der Waals surface area contributed by atoms with Crippen LogP contribution >= 0.6 is 0 Å². The van der Waals surface area contributed by atoms with Gasteiger partial charge in [-0.2, -0.15) is 0 Å². The maximum absolute atomic E-state index is 11.8. The number of phenols is 1. The lowest BCUT2D eigenvalue weighted by atomic mass is 10.1. The molecule has 2 aromatic rings. The number of aromatic nitrogens is 1. The standard InChI is InChI=1S/C11H11NO2/c1-2-7-6-12-8-4-3-5-9(13)10(8)11(7)14/h3-6,13H,2H2,1H3,(H,12,14). The van der Waals surface area contributed by atoms with Gasteiger partial charge in [0.25, 0.3) is 0 Å². The first-order valence-electron chi connectivity index (χ1n) is 4.56. The maximum Gasteiger partial charge on any atom is 0.196 e. The highest BCUT2D eigenvalue weighted by Gasteiger charge is 2.06. The van der Waals surface area contributed by atoms with E-state index < -0.39 is 0 Å². The Morgan fingerprint density at radius 2 is 2.21 bits per heavy atom. The topological polar surface area (TPSA) is 53.1 Å². The molecule has 14 heavy (non-hydrogen) atoms. The summed E-state index contributed by atoms with van der Waals surface area (Å²) in [4.78, 5) is 14.8. The number of phenolic OH excluding ortho intramolecular Hbond substituents is 1. The fraction of sp³-hybridized carbons (Fsp3) is 0.182. The Morgan fingerprint density at radius 3 is 2.93 bits per heavy atom. The third kappa shape index (κ3) is 1.18. The van der Waals surface area contributed by atoms with Crippen LogP contribution in [0.1, 0.15) is 12.5 Å². The summed E-state index contributed by atoms with van der Waals surface area (Å²) < 4.78 is 0. The Bertz CT molecular complexity index is 528. The first kappa shape index (κ1) is 8.81. The van der Waals surface area contributed by atoms with Crippen LogP contribution in [0.4, 0.5) is 0 Å². The normalized spacial score (nSPS) is 10.6. The molecule has 2 rings (SSSR count). The van der Waals surface area contributed by atoms with E-state index in [1.807, 2.05) is 6.92 Å². The summed E-state index contributed by atoms with van der Waals surface area (Å²) in [6.07, 6.45) is 2.36. The summed E-state index contributed by atoms with van der Waals surface area (Å²) in [5.41, 5.74) is 1.28. The van der Waals surface area contributed by atoms with Crippen molar-refractivity contribution in [1.82, 2.24) is 4.98 Å². The number of fused-ring (bicyclic) bond motifs is 1. The lowest BCUT2D eigenvalue weighted by Gasteiger charge is -2.02. The average molecular weight is 189 g/mol. The van der Waals surface area contributed by atoms with Crippen LogP contribution in [0.15, 0.2) is 29.2 Å². The van der Waals surface area contributed by atoms with E-state index in [2.05, 4.69) is 4.98 Å². The maximum atomic E-state index is 11.8. The molecule has 0 atom stereocenters. The molecule has 72 valence electrons. The number of aromatic hydroxyl groups is 1. The van der Waals surface area contributed by atoms with Crippen molar-refractivity contribution >= 4 is 10.9 Å². The minimum atomic E-state index is -0.0839. The molecule has 0 bridgehead atoms. The molecular formula is C11H11NO2. The van der Waals surface area contributed by atoms with Crippen molar-refractivity contribution in [2.45, 2.75) is 13.3 Å². The van der Waals surface area contributed by atoms with Gasteiger partial charge >= 0.3 is 0 Å². The van der Waals surface area contributed by atoms with E-state index in [0.717, 1.165) is 0 Å². The zero-order valence-electron chi connectivity index (χ0n) is 7.87. The summed E-state index contributed by atoms with van der Waals surface area (Å²) in [6, 6.07) is 5.01. The van der Waals surface area contributed by atoms with Gasteiger partial charge in [0, 0.05) is 11.8 Å². The minimum Gasteiger partial charge on any atom is -0.507 e. The lowest BCUT2D eigenvalue weighted by Crippen LogP contribution is -2.08. The molecule has 1 heterocycles. The zero-order valence-corrected chi connectivity index (χ0v) is 7.87. The SMILES string of the molecule is CCc1c[nH]c2cccc(O)c2c1=O. The minimum absolute atomic E-state index is 0.0408. The van der Waals surface area contributed by atoms with Gasteiger partial charge < -0.3 is 10.1 Å². The number of benzene rings is 1. The average Bonchev–Trinajstić information content (AvgIpc) is 2.18. The number of hydrogen-bond donors (Lipinski definition) is 2. The van der Waals surface area contributed by atoms with Gasteiger partial charge in [-0.1, -0.05) is 13.0 Å². The predicted molar refractivity (Wildman–Crippen MR) is 55.6 cm³/mol. The van der Waals surface area contributed by atoms with E-state index in [-0.39, 0.29) is 11.2 Å². The van der Waals surface area contributed by atoms with Crippen LogP contribution in [0.25, 0.3) is 10.9 Å². The van der Waals surface area contributed by atoms with E-state index in [9.17, 15) is 9.90 Å². The third-order valence-electron chi connectivity index (χ3n) is 2.34. The van der Waals surface area contributed by atoms with E-state index >= 15 is 0 Å². The van der Waals surface area contributed by atoms with Crippen molar-refractivity contribution in [3.8, 4) is 5.75 Å². The molecule has 3 nitrogen and oxygen atoms in total. The van der Waals surface area contributed by atoms with Crippen LogP contribution in [0.2, 0.25) is 0 Å². The molecule has 0 fully saturated rings. The highest BCUT2D eigenvalue weighted by Crippen LogP contribution is 2.19. The van der Waals surface area contributed by atoms with E-state index in [1.54, 1.807) is 18.3 Å². The third-order valence-corrected chi connectivity index (χ3v) is 2.34. The zero-order chi connectivity index (χ0) is 10.1. The summed E-state index contributed by atoms with van der Waals surface area (Å²) in [6.45, 7) is 1.91. The number of rotatable bonds is 1. The Balaban J connectivity index is 2.94. The molecule has 3 heteroatoms. The quantitative estimate of drug-likeness (QED) is 0.718. The van der Waals surface area contributed by atoms with Crippen LogP contribution in [-0.4, -0.2) is 10.1 Å². The first-order chi connectivity index (χ1) is 6.74. The molecule has 0 aliphatic rings. The monoisotopic (exact) mass is 189 g/mol. The van der Waals surface area contributed by atoms with Crippen molar-refractivity contribution < 1.29 is 5.11 Å². The number of pyridine rings is 1. The van der Waals surface area contributed by atoms with Crippen LogP contribution < -0.4 is 5.43 Å². The summed E-state index contributed by atoms with van der Waals surface area (Å²) >= 11 is 0. The van der Waals surface area contributed by atoms with E-state index in [0.29, 0.717) is 22.9 Å². The van der Waals surface area contributed by atoms with Crippen molar-refractivity contribution in [3.05, 3.63) is 40.2 Å². The van der Waals surface area contributed by atoms with Crippen LogP contribution in [0.5, 0.6) is 5.75 Å². The smallest absolute Gasteiger partial charge is 0.196 e. The van der Waals surface area contributed by atoms with E-state index in [1.165, 1.54) is 6.07 Å². The van der Waals surface area contributed by atoms with Crippen LogP contribution in [-0.2, 0) is 6.42 Å². The molecule has 0 aliphatic heterocycles. The highest BCUT2D eigenvalue weighted by molar-refractivity contribution is 5.84. The molecule has 0 aliphatic carbocycles. The van der Waals surface area contributed by atoms with Gasteiger partial charge in [-0.05, 0) is 18.6 Å². The molecule has 0 saturated carbocycles. The Labute approximate surface area is 81.0 Å². The Kier molecular flexibility index (Phi) is 2.00. The molecule has 2 N–H and O–H groups in total. The van der Waals surface area contributed by atoms with Gasteiger partial charge in [-0.3, -0.25) is 4.79 Å². The Hall–Kier alpha value is -1.77. The second-order valence-corrected chi connectivity index (χ2v) is 3.20.